The van der Waals surface area contributed by atoms with Gasteiger partial charge in [0.15, 0.2) is 0 Å². The van der Waals surface area contributed by atoms with Crippen LogP contribution in [0.15, 0.2) is 15.9 Å². The number of halogens is 1. The molecule has 0 aromatic carbocycles. The van der Waals surface area contributed by atoms with Crippen molar-refractivity contribution in [2.45, 2.75) is 25.4 Å². The summed E-state index contributed by atoms with van der Waals surface area (Å²) in [5, 5.41) is 2.11. The van der Waals surface area contributed by atoms with Crippen molar-refractivity contribution in [1.29, 1.82) is 0 Å². The monoisotopic (exact) mass is 320 g/mol. The van der Waals surface area contributed by atoms with Crippen LogP contribution in [-0.4, -0.2) is 38.3 Å². The fourth-order valence-corrected chi connectivity index (χ4v) is 3.52. The Morgan fingerprint density at radius 2 is 2.29 bits per heavy atom. The van der Waals surface area contributed by atoms with Crippen LogP contribution in [0.5, 0.6) is 0 Å². The molecule has 1 heterocycles. The average Bonchev–Trinajstić information content (AvgIpc) is 2.73. The fourth-order valence-electron chi connectivity index (χ4n) is 1.84. The van der Waals surface area contributed by atoms with Crippen LogP contribution in [0.2, 0.25) is 0 Å². The predicted molar refractivity (Wildman–Crippen MR) is 77.5 cm³/mol. The van der Waals surface area contributed by atoms with Gasteiger partial charge in [0.1, 0.15) is 0 Å². The van der Waals surface area contributed by atoms with Gasteiger partial charge in [0.25, 0.3) is 0 Å². The molecule has 3 nitrogen and oxygen atoms in total. The highest BCUT2D eigenvalue weighted by atomic mass is 79.9. The number of ether oxygens (including phenoxy) is 1. The third-order valence-electron chi connectivity index (χ3n) is 2.88. The van der Waals surface area contributed by atoms with Gasteiger partial charge in [-0.15, -0.1) is 11.3 Å². The van der Waals surface area contributed by atoms with Crippen LogP contribution in [0.25, 0.3) is 0 Å². The lowest BCUT2D eigenvalue weighted by atomic mass is 10.0. The lowest BCUT2D eigenvalue weighted by molar-refractivity contribution is 0.129. The van der Waals surface area contributed by atoms with Gasteiger partial charge in [-0.2, -0.15) is 0 Å². The van der Waals surface area contributed by atoms with Gasteiger partial charge in [-0.1, -0.05) is 6.92 Å². The zero-order chi connectivity index (χ0) is 12.8. The second-order valence-corrected chi connectivity index (χ2v) is 6.02. The number of nitrogens with zero attached hydrogens (tertiary/aromatic N) is 1. The second-order valence-electron chi connectivity index (χ2n) is 4.16. The first-order chi connectivity index (χ1) is 8.10. The van der Waals surface area contributed by atoms with E-state index in [2.05, 4.69) is 46.2 Å². The second kappa shape index (κ2) is 7.48. The number of hydrogen-bond acceptors (Lipinski definition) is 4. The minimum Gasteiger partial charge on any atom is -0.383 e. The van der Waals surface area contributed by atoms with Gasteiger partial charge in [-0.25, -0.2) is 0 Å². The van der Waals surface area contributed by atoms with Crippen LogP contribution in [0.3, 0.4) is 0 Å². The number of likely N-dealkylation sites (N-methyl/N-ethyl adjacent to an activating group) is 1. The van der Waals surface area contributed by atoms with Gasteiger partial charge in [0, 0.05) is 34.4 Å². The third kappa shape index (κ3) is 4.34. The molecule has 0 aliphatic heterocycles. The van der Waals surface area contributed by atoms with E-state index in [0.717, 1.165) is 24.0 Å². The Bertz CT molecular complexity index is 332. The summed E-state index contributed by atoms with van der Waals surface area (Å²) < 4.78 is 6.26. The number of nitrogens with two attached hydrogens (primary N) is 1. The Balaban J connectivity index is 2.80. The Kier molecular flexibility index (Phi) is 6.66. The van der Waals surface area contributed by atoms with Gasteiger partial charge in [-0.05, 0) is 35.5 Å². The maximum atomic E-state index is 6.24. The maximum absolute atomic E-state index is 6.24. The molecule has 1 aromatic heterocycles. The summed E-state index contributed by atoms with van der Waals surface area (Å²) >= 11 is 5.25. The molecule has 2 unspecified atom stereocenters. The SMILES string of the molecule is CCC(N)C(c1cc(Br)cs1)N(C)CCOC. The molecule has 0 aliphatic carbocycles. The summed E-state index contributed by atoms with van der Waals surface area (Å²) in [5.41, 5.74) is 6.24. The van der Waals surface area contributed by atoms with E-state index >= 15 is 0 Å². The zero-order valence-electron chi connectivity index (χ0n) is 10.6. The molecule has 0 radical (unpaired) electrons. The van der Waals surface area contributed by atoms with Crippen molar-refractivity contribution >= 4 is 27.3 Å². The molecule has 1 rings (SSSR count). The number of hydrogen-bond donors (Lipinski definition) is 1. The van der Waals surface area contributed by atoms with Crippen molar-refractivity contribution in [2.75, 3.05) is 27.3 Å². The topological polar surface area (TPSA) is 38.5 Å². The van der Waals surface area contributed by atoms with E-state index in [1.54, 1.807) is 18.4 Å². The van der Waals surface area contributed by atoms with E-state index in [4.69, 9.17) is 10.5 Å². The molecule has 0 fully saturated rings. The van der Waals surface area contributed by atoms with Crippen LogP contribution >= 0.6 is 27.3 Å². The molecule has 0 saturated carbocycles. The molecule has 0 aliphatic rings. The van der Waals surface area contributed by atoms with Gasteiger partial charge in [0.2, 0.25) is 0 Å². The van der Waals surface area contributed by atoms with Gasteiger partial charge < -0.3 is 10.5 Å². The minimum absolute atomic E-state index is 0.155. The van der Waals surface area contributed by atoms with E-state index < -0.39 is 0 Å². The summed E-state index contributed by atoms with van der Waals surface area (Å²) in [4.78, 5) is 3.58. The molecule has 2 N–H and O–H groups in total. The third-order valence-corrected chi connectivity index (χ3v) is 4.64. The average molecular weight is 321 g/mol. The molecular formula is C12H21BrN2OS. The smallest absolute Gasteiger partial charge is 0.0592 e. The summed E-state index contributed by atoms with van der Waals surface area (Å²) in [5.74, 6) is 0. The van der Waals surface area contributed by atoms with Gasteiger partial charge in [-0.3, -0.25) is 4.90 Å². The minimum atomic E-state index is 0.155. The van der Waals surface area contributed by atoms with Crippen molar-refractivity contribution < 1.29 is 4.74 Å². The van der Waals surface area contributed by atoms with E-state index in [0.29, 0.717) is 0 Å². The first kappa shape index (κ1) is 15.1. The van der Waals surface area contributed by atoms with Gasteiger partial charge in [0.05, 0.1) is 12.6 Å². The summed E-state index contributed by atoms with van der Waals surface area (Å²) in [6.45, 7) is 3.75. The van der Waals surface area contributed by atoms with Crippen molar-refractivity contribution in [3.8, 4) is 0 Å². The van der Waals surface area contributed by atoms with Crippen LogP contribution in [0.1, 0.15) is 24.3 Å². The Hall–Kier alpha value is 0.0600. The zero-order valence-corrected chi connectivity index (χ0v) is 13.1. The van der Waals surface area contributed by atoms with Crippen LogP contribution in [0, 0.1) is 0 Å². The Morgan fingerprint density at radius 1 is 1.59 bits per heavy atom. The molecule has 2 atom stereocenters. The molecular weight excluding hydrogens is 300 g/mol. The highest BCUT2D eigenvalue weighted by Crippen LogP contribution is 2.31. The first-order valence-electron chi connectivity index (χ1n) is 5.78. The fraction of sp³-hybridized carbons (Fsp3) is 0.667. The van der Waals surface area contributed by atoms with Crippen molar-refractivity contribution in [2.24, 2.45) is 5.73 Å². The summed E-state index contributed by atoms with van der Waals surface area (Å²) in [6, 6.07) is 2.59. The van der Waals surface area contributed by atoms with Gasteiger partial charge >= 0.3 is 0 Å². The molecule has 0 spiro atoms. The highest BCUT2D eigenvalue weighted by molar-refractivity contribution is 9.10. The molecule has 0 saturated heterocycles. The molecule has 0 amide bonds. The van der Waals surface area contributed by atoms with E-state index in [1.807, 2.05) is 0 Å². The Labute approximate surface area is 116 Å². The lowest BCUT2D eigenvalue weighted by Gasteiger charge is -2.31. The molecule has 17 heavy (non-hydrogen) atoms. The highest BCUT2D eigenvalue weighted by Gasteiger charge is 2.24. The first-order valence-corrected chi connectivity index (χ1v) is 7.46. The van der Waals surface area contributed by atoms with E-state index in [1.165, 1.54) is 4.88 Å². The van der Waals surface area contributed by atoms with Crippen molar-refractivity contribution in [3.05, 3.63) is 20.8 Å². The number of methoxy groups -OCH3 is 1. The Morgan fingerprint density at radius 3 is 2.76 bits per heavy atom. The van der Waals surface area contributed by atoms with Crippen LogP contribution < -0.4 is 5.73 Å². The lowest BCUT2D eigenvalue weighted by Crippen LogP contribution is -2.39. The van der Waals surface area contributed by atoms with Crippen LogP contribution in [0.4, 0.5) is 0 Å². The quantitative estimate of drug-likeness (QED) is 0.839. The molecule has 0 bridgehead atoms. The summed E-state index contributed by atoms with van der Waals surface area (Å²) in [6.07, 6.45) is 0.970. The molecule has 5 heteroatoms. The largest absolute Gasteiger partial charge is 0.383 e. The van der Waals surface area contributed by atoms with Crippen molar-refractivity contribution in [3.63, 3.8) is 0 Å². The van der Waals surface area contributed by atoms with Crippen LogP contribution in [-0.2, 0) is 4.74 Å². The molecule has 98 valence electrons. The molecule has 1 aromatic rings. The normalized spacial score (nSPS) is 15.2. The summed E-state index contributed by atoms with van der Waals surface area (Å²) in [7, 11) is 3.83. The number of rotatable bonds is 7. The van der Waals surface area contributed by atoms with E-state index in [9.17, 15) is 0 Å². The van der Waals surface area contributed by atoms with E-state index in [-0.39, 0.29) is 12.1 Å². The standard InChI is InChI=1S/C12H21BrN2OS/c1-4-10(14)12(15(2)5-6-16-3)11-7-9(13)8-17-11/h7-8,10,12H,4-6,14H2,1-3H3. The number of thiophene rings is 1. The van der Waals surface area contributed by atoms with Crippen molar-refractivity contribution in [1.82, 2.24) is 4.90 Å². The maximum Gasteiger partial charge on any atom is 0.0592 e. The predicted octanol–water partition coefficient (Wildman–Crippen LogP) is 2.87.